The lowest BCUT2D eigenvalue weighted by Gasteiger charge is -2.27. The maximum atomic E-state index is 15.2. The number of aromatic amines is 1. The number of rotatable bonds is 4. The molecule has 0 bridgehead atoms. The number of H-pyrrole nitrogens is 1. The van der Waals surface area contributed by atoms with Crippen LogP contribution in [0.2, 0.25) is 5.02 Å². The minimum absolute atomic E-state index is 0.00294. The number of fused-ring (bicyclic) bond motifs is 2. The SMILES string of the molecule is CC(C)Nc1c(F)c(Cl)c(-c2cn3cc(NC(=O)N4CCNCC4)nc3cn2)c2cn[nH]c12. The van der Waals surface area contributed by atoms with E-state index < -0.39 is 5.82 Å². The van der Waals surface area contributed by atoms with Gasteiger partial charge in [0, 0.05) is 49.4 Å². The average molecular weight is 472 g/mol. The fourth-order valence-corrected chi connectivity index (χ4v) is 4.23. The van der Waals surface area contributed by atoms with Gasteiger partial charge in [0.15, 0.2) is 17.3 Å². The van der Waals surface area contributed by atoms with Crippen molar-refractivity contribution in [2.45, 2.75) is 19.9 Å². The number of nitrogens with one attached hydrogen (secondary N) is 4. The summed E-state index contributed by atoms with van der Waals surface area (Å²) in [4.78, 5) is 23.1. The number of anilines is 2. The van der Waals surface area contributed by atoms with Crippen LogP contribution in [-0.4, -0.2) is 67.7 Å². The molecule has 3 aromatic heterocycles. The number of carbonyl (C=O) groups excluding carboxylic acids is 1. The summed E-state index contributed by atoms with van der Waals surface area (Å²) < 4.78 is 16.9. The first-order valence-corrected chi connectivity index (χ1v) is 11.0. The smallest absolute Gasteiger partial charge is 0.323 e. The summed E-state index contributed by atoms with van der Waals surface area (Å²) >= 11 is 6.47. The number of piperazine rings is 1. The van der Waals surface area contributed by atoms with Crippen molar-refractivity contribution in [1.82, 2.24) is 34.8 Å². The van der Waals surface area contributed by atoms with Crippen LogP contribution < -0.4 is 16.0 Å². The van der Waals surface area contributed by atoms with Gasteiger partial charge in [-0.25, -0.2) is 14.2 Å². The Labute approximate surface area is 193 Å². The Morgan fingerprint density at radius 3 is 2.79 bits per heavy atom. The molecule has 1 aliphatic heterocycles. The topological polar surface area (TPSA) is 115 Å². The summed E-state index contributed by atoms with van der Waals surface area (Å²) in [7, 11) is 0. The van der Waals surface area contributed by atoms with Crippen LogP contribution in [0.5, 0.6) is 0 Å². The maximum Gasteiger partial charge on any atom is 0.323 e. The number of benzene rings is 1. The molecule has 0 saturated carbocycles. The molecule has 4 N–H and O–H groups in total. The Morgan fingerprint density at radius 1 is 1.24 bits per heavy atom. The molecule has 172 valence electrons. The van der Waals surface area contributed by atoms with Crippen molar-refractivity contribution < 1.29 is 9.18 Å². The lowest BCUT2D eigenvalue weighted by atomic mass is 10.1. The second kappa shape index (κ2) is 8.49. The molecule has 1 fully saturated rings. The Hall–Kier alpha value is -3.44. The van der Waals surface area contributed by atoms with E-state index in [2.05, 4.69) is 36.1 Å². The van der Waals surface area contributed by atoms with Crippen LogP contribution >= 0.6 is 11.6 Å². The number of nitrogens with zero attached hydrogens (tertiary/aromatic N) is 5. The largest absolute Gasteiger partial charge is 0.379 e. The average Bonchev–Trinajstić information content (AvgIpc) is 3.43. The normalized spacial score (nSPS) is 14.4. The van der Waals surface area contributed by atoms with Crippen LogP contribution in [0.25, 0.3) is 27.8 Å². The van der Waals surface area contributed by atoms with Crippen molar-refractivity contribution in [3.63, 3.8) is 0 Å². The highest BCUT2D eigenvalue weighted by Crippen LogP contribution is 2.40. The molecule has 33 heavy (non-hydrogen) atoms. The number of hydrogen-bond donors (Lipinski definition) is 4. The molecule has 0 spiro atoms. The molecular formula is C21H23ClFN9O. The second-order valence-electron chi connectivity index (χ2n) is 8.17. The van der Waals surface area contributed by atoms with Gasteiger partial charge in [0.25, 0.3) is 0 Å². The molecule has 1 saturated heterocycles. The van der Waals surface area contributed by atoms with Gasteiger partial charge in [-0.05, 0) is 13.8 Å². The minimum Gasteiger partial charge on any atom is -0.379 e. The van der Waals surface area contributed by atoms with Gasteiger partial charge in [-0.15, -0.1) is 0 Å². The number of amides is 2. The summed E-state index contributed by atoms with van der Waals surface area (Å²) in [5, 5.41) is 16.6. The van der Waals surface area contributed by atoms with E-state index in [9.17, 15) is 4.79 Å². The van der Waals surface area contributed by atoms with Gasteiger partial charge in [0.05, 0.1) is 40.5 Å². The lowest BCUT2D eigenvalue weighted by Crippen LogP contribution is -2.48. The van der Waals surface area contributed by atoms with Crippen molar-refractivity contribution in [1.29, 1.82) is 0 Å². The van der Waals surface area contributed by atoms with E-state index in [1.54, 1.807) is 34.1 Å². The van der Waals surface area contributed by atoms with Gasteiger partial charge in [0.2, 0.25) is 0 Å². The molecule has 1 aliphatic rings. The zero-order valence-corrected chi connectivity index (χ0v) is 18.9. The van der Waals surface area contributed by atoms with Crippen molar-refractivity contribution >= 4 is 45.7 Å². The predicted octanol–water partition coefficient (Wildman–Crippen LogP) is 3.32. The summed E-state index contributed by atoms with van der Waals surface area (Å²) in [6.07, 6.45) is 6.54. The Bertz CT molecular complexity index is 1340. The zero-order valence-electron chi connectivity index (χ0n) is 18.1. The number of carbonyl (C=O) groups is 1. The molecule has 4 heterocycles. The number of aromatic nitrogens is 5. The van der Waals surface area contributed by atoms with Crippen LogP contribution in [-0.2, 0) is 0 Å². The van der Waals surface area contributed by atoms with Gasteiger partial charge in [0.1, 0.15) is 0 Å². The minimum atomic E-state index is -0.575. The molecule has 4 aromatic rings. The lowest BCUT2D eigenvalue weighted by molar-refractivity contribution is 0.204. The molecule has 12 heteroatoms. The maximum absolute atomic E-state index is 15.2. The van der Waals surface area contributed by atoms with Gasteiger partial charge < -0.3 is 19.9 Å². The number of halogens is 2. The van der Waals surface area contributed by atoms with Crippen LogP contribution in [0, 0.1) is 5.82 Å². The quantitative estimate of drug-likeness (QED) is 0.363. The molecule has 0 radical (unpaired) electrons. The van der Waals surface area contributed by atoms with E-state index in [0.717, 1.165) is 13.1 Å². The van der Waals surface area contributed by atoms with E-state index in [1.807, 2.05) is 13.8 Å². The number of hydrogen-bond acceptors (Lipinski definition) is 6. The van der Waals surface area contributed by atoms with Crippen LogP contribution in [0.15, 0.2) is 24.8 Å². The molecule has 2 amide bonds. The summed E-state index contributed by atoms with van der Waals surface area (Å²) in [6.45, 7) is 6.62. The molecule has 10 nitrogen and oxygen atoms in total. The zero-order chi connectivity index (χ0) is 23.1. The summed E-state index contributed by atoms with van der Waals surface area (Å²) in [5.41, 5.74) is 2.19. The summed E-state index contributed by atoms with van der Waals surface area (Å²) in [6, 6.07) is -0.199. The molecule has 0 aliphatic carbocycles. The summed E-state index contributed by atoms with van der Waals surface area (Å²) in [5.74, 6) is -0.173. The molecule has 0 atom stereocenters. The van der Waals surface area contributed by atoms with Gasteiger partial charge in [-0.2, -0.15) is 5.10 Å². The van der Waals surface area contributed by atoms with Crippen molar-refractivity contribution in [3.05, 3.63) is 35.6 Å². The molecule has 1 aromatic carbocycles. The van der Waals surface area contributed by atoms with Crippen LogP contribution in [0.4, 0.5) is 20.7 Å². The number of urea groups is 1. The van der Waals surface area contributed by atoms with Crippen LogP contribution in [0.3, 0.4) is 0 Å². The Kier molecular flexibility index (Phi) is 5.51. The first-order valence-electron chi connectivity index (χ1n) is 10.6. The third kappa shape index (κ3) is 3.93. The Morgan fingerprint density at radius 2 is 2.03 bits per heavy atom. The van der Waals surface area contributed by atoms with E-state index in [4.69, 9.17) is 11.6 Å². The van der Waals surface area contributed by atoms with Crippen molar-refractivity contribution in [2.75, 3.05) is 36.8 Å². The van der Waals surface area contributed by atoms with Crippen molar-refractivity contribution in [3.8, 4) is 11.3 Å². The molecule has 0 unspecified atom stereocenters. The van der Waals surface area contributed by atoms with E-state index in [-0.39, 0.29) is 22.8 Å². The first kappa shape index (κ1) is 21.4. The highest BCUT2D eigenvalue weighted by atomic mass is 35.5. The fraction of sp³-hybridized carbons (Fsp3) is 0.333. The van der Waals surface area contributed by atoms with E-state index in [1.165, 1.54) is 0 Å². The number of imidazole rings is 1. The highest BCUT2D eigenvalue weighted by molar-refractivity contribution is 6.35. The van der Waals surface area contributed by atoms with Gasteiger partial charge in [-0.1, -0.05) is 11.6 Å². The van der Waals surface area contributed by atoms with E-state index >= 15 is 4.39 Å². The van der Waals surface area contributed by atoms with Gasteiger partial charge in [-0.3, -0.25) is 15.4 Å². The van der Waals surface area contributed by atoms with Gasteiger partial charge >= 0.3 is 6.03 Å². The Balaban J connectivity index is 1.51. The fourth-order valence-electron chi connectivity index (χ4n) is 3.93. The van der Waals surface area contributed by atoms with E-state index in [0.29, 0.717) is 46.7 Å². The monoisotopic (exact) mass is 471 g/mol. The highest BCUT2D eigenvalue weighted by Gasteiger charge is 2.23. The first-order chi connectivity index (χ1) is 15.9. The predicted molar refractivity (Wildman–Crippen MR) is 125 cm³/mol. The molecular weight excluding hydrogens is 449 g/mol. The second-order valence-corrected chi connectivity index (χ2v) is 8.54. The molecule has 5 rings (SSSR count). The standard InChI is InChI=1S/C21H23ClFN9O/c1-11(2)27-20-18(23)17(22)16(12-7-26-30-19(12)20)13-9-32-10-14(28-15(32)8-25-13)29-21(33)31-5-3-24-4-6-31/h7-11,24,27H,3-6H2,1-2H3,(H,26,30)(H,29,33). The van der Waals surface area contributed by atoms with Crippen molar-refractivity contribution in [2.24, 2.45) is 0 Å². The third-order valence-electron chi connectivity index (χ3n) is 5.46. The third-order valence-corrected chi connectivity index (χ3v) is 5.82. The van der Waals surface area contributed by atoms with Crippen LogP contribution in [0.1, 0.15) is 13.8 Å².